The van der Waals surface area contributed by atoms with Crippen molar-refractivity contribution < 1.29 is 24.4 Å². The largest absolute Gasteiger partial charge is 0.394 e. The first-order valence-electron chi connectivity index (χ1n) is 5.54. The molecule has 1 unspecified atom stereocenters. The lowest BCUT2D eigenvalue weighted by molar-refractivity contribution is -0.232. The van der Waals surface area contributed by atoms with Gasteiger partial charge in [-0.3, -0.25) is 0 Å². The van der Waals surface area contributed by atoms with E-state index in [0.29, 0.717) is 0 Å². The Labute approximate surface area is 87.9 Å². The number of rotatable bonds is 1. The van der Waals surface area contributed by atoms with E-state index in [9.17, 15) is 5.11 Å². The normalized spacial score (nSPS) is 47.6. The molecule has 0 radical (unpaired) electrons. The van der Waals surface area contributed by atoms with Crippen molar-refractivity contribution in [2.45, 2.75) is 56.1 Å². The molecule has 0 aromatic carbocycles. The zero-order valence-electron chi connectivity index (χ0n) is 8.46. The second kappa shape index (κ2) is 3.40. The Kier molecular flexibility index (Phi) is 2.26. The smallest absolute Gasteiger partial charge is 0.190 e. The predicted octanol–water partition coefficient (Wildman–Crippen LogP) is -0.250. The van der Waals surface area contributed by atoms with E-state index in [4.69, 9.17) is 19.3 Å². The Balaban J connectivity index is 1.73. The highest BCUT2D eigenvalue weighted by atomic mass is 16.8. The van der Waals surface area contributed by atoms with Crippen molar-refractivity contribution in [3.63, 3.8) is 0 Å². The van der Waals surface area contributed by atoms with Crippen LogP contribution in [0.2, 0.25) is 0 Å². The Morgan fingerprint density at radius 3 is 2.53 bits per heavy atom. The number of aliphatic hydroxyl groups excluding tert-OH is 2. The predicted molar refractivity (Wildman–Crippen MR) is 48.9 cm³/mol. The van der Waals surface area contributed by atoms with Crippen LogP contribution < -0.4 is 0 Å². The monoisotopic (exact) mass is 216 g/mol. The van der Waals surface area contributed by atoms with Crippen molar-refractivity contribution in [1.29, 1.82) is 0 Å². The van der Waals surface area contributed by atoms with Gasteiger partial charge in [-0.2, -0.15) is 0 Å². The second-order valence-electron chi connectivity index (χ2n) is 4.53. The number of aliphatic hydroxyl groups is 2. The zero-order valence-corrected chi connectivity index (χ0v) is 8.46. The van der Waals surface area contributed by atoms with E-state index in [0.717, 1.165) is 25.7 Å². The van der Waals surface area contributed by atoms with Crippen molar-refractivity contribution in [2.75, 3.05) is 6.61 Å². The standard InChI is InChI=1S/C10H16O5/c11-5-6-7(12)8-9(13-6)15-10(14-8)3-1-2-4-10/h6-9,11-12H,1-5H2/t6-,7+,8-,9?/m0/s1. The molecule has 0 aromatic rings. The molecule has 5 heteroatoms. The molecule has 2 saturated heterocycles. The van der Waals surface area contributed by atoms with Crippen molar-refractivity contribution >= 4 is 0 Å². The van der Waals surface area contributed by atoms with Gasteiger partial charge in [-0.05, 0) is 12.8 Å². The minimum atomic E-state index is -0.778. The fourth-order valence-corrected chi connectivity index (χ4v) is 2.71. The van der Waals surface area contributed by atoms with Crippen LogP contribution in [0.4, 0.5) is 0 Å². The van der Waals surface area contributed by atoms with E-state index >= 15 is 0 Å². The van der Waals surface area contributed by atoms with Crippen LogP contribution in [0.5, 0.6) is 0 Å². The molecule has 5 nitrogen and oxygen atoms in total. The first-order valence-corrected chi connectivity index (χ1v) is 5.54. The molecule has 0 amide bonds. The van der Waals surface area contributed by atoms with Crippen LogP contribution in [-0.2, 0) is 14.2 Å². The van der Waals surface area contributed by atoms with Crippen LogP contribution >= 0.6 is 0 Å². The second-order valence-corrected chi connectivity index (χ2v) is 4.53. The summed E-state index contributed by atoms with van der Waals surface area (Å²) in [6.07, 6.45) is 1.66. The molecule has 3 fully saturated rings. The molecule has 2 N–H and O–H groups in total. The fourth-order valence-electron chi connectivity index (χ4n) is 2.71. The van der Waals surface area contributed by atoms with E-state index in [1.165, 1.54) is 0 Å². The van der Waals surface area contributed by atoms with E-state index in [-0.39, 0.29) is 6.61 Å². The van der Waals surface area contributed by atoms with E-state index in [2.05, 4.69) is 0 Å². The maximum Gasteiger partial charge on any atom is 0.190 e. The first kappa shape index (κ1) is 9.99. The Bertz CT molecular complexity index is 250. The van der Waals surface area contributed by atoms with Crippen molar-refractivity contribution in [3.05, 3.63) is 0 Å². The van der Waals surface area contributed by atoms with Gasteiger partial charge in [-0.25, -0.2) is 0 Å². The zero-order chi connectivity index (χ0) is 10.5. The van der Waals surface area contributed by atoms with Gasteiger partial charge in [0.05, 0.1) is 6.61 Å². The molecule has 0 aromatic heterocycles. The molecular formula is C10H16O5. The first-order chi connectivity index (χ1) is 7.24. The van der Waals surface area contributed by atoms with Crippen LogP contribution in [-0.4, -0.2) is 47.2 Å². The summed E-state index contributed by atoms with van der Waals surface area (Å²) in [5.74, 6) is -0.517. The van der Waals surface area contributed by atoms with Crippen molar-refractivity contribution in [1.82, 2.24) is 0 Å². The van der Waals surface area contributed by atoms with E-state index in [1.54, 1.807) is 0 Å². The third-order valence-electron chi connectivity index (χ3n) is 3.52. The van der Waals surface area contributed by atoms with Crippen LogP contribution in [0, 0.1) is 0 Å². The molecule has 2 aliphatic heterocycles. The summed E-state index contributed by atoms with van der Waals surface area (Å²) < 4.78 is 16.9. The quantitative estimate of drug-likeness (QED) is 0.632. The average molecular weight is 216 g/mol. The SMILES string of the molecule is OC[C@@H]1OC2OC3(CCCC3)O[C@H]2[C@@H]1O. The summed E-state index contributed by atoms with van der Waals surface area (Å²) in [7, 11) is 0. The van der Waals surface area contributed by atoms with Gasteiger partial charge in [-0.15, -0.1) is 0 Å². The van der Waals surface area contributed by atoms with Crippen LogP contribution in [0.1, 0.15) is 25.7 Å². The molecular weight excluding hydrogens is 200 g/mol. The van der Waals surface area contributed by atoms with Crippen LogP contribution in [0.25, 0.3) is 0 Å². The third kappa shape index (κ3) is 1.42. The molecule has 1 spiro atoms. The van der Waals surface area contributed by atoms with Crippen molar-refractivity contribution in [3.8, 4) is 0 Å². The van der Waals surface area contributed by atoms with Gasteiger partial charge in [0.1, 0.15) is 18.3 Å². The summed E-state index contributed by atoms with van der Waals surface area (Å²) in [5, 5.41) is 18.8. The van der Waals surface area contributed by atoms with Crippen LogP contribution in [0.3, 0.4) is 0 Å². The van der Waals surface area contributed by atoms with E-state index < -0.39 is 30.4 Å². The molecule has 1 saturated carbocycles. The molecule has 86 valence electrons. The highest BCUT2D eigenvalue weighted by Crippen LogP contribution is 2.45. The van der Waals surface area contributed by atoms with Gasteiger partial charge >= 0.3 is 0 Å². The summed E-state index contributed by atoms with van der Waals surface area (Å²) in [5.41, 5.74) is 0. The van der Waals surface area contributed by atoms with Crippen molar-refractivity contribution in [2.24, 2.45) is 0 Å². The minimum Gasteiger partial charge on any atom is -0.394 e. The van der Waals surface area contributed by atoms with Gasteiger partial charge in [-0.1, -0.05) is 0 Å². The van der Waals surface area contributed by atoms with Crippen LogP contribution in [0.15, 0.2) is 0 Å². The number of fused-ring (bicyclic) bond motifs is 1. The summed E-state index contributed by atoms with van der Waals surface area (Å²) in [6, 6.07) is 0. The lowest BCUT2D eigenvalue weighted by atomic mass is 10.1. The molecule has 4 atom stereocenters. The number of hydrogen-bond acceptors (Lipinski definition) is 5. The maximum absolute atomic E-state index is 9.81. The lowest BCUT2D eigenvalue weighted by Gasteiger charge is -2.25. The Morgan fingerprint density at radius 2 is 1.93 bits per heavy atom. The summed E-state index contributed by atoms with van der Waals surface area (Å²) in [6.45, 7) is -0.201. The summed E-state index contributed by atoms with van der Waals surface area (Å²) in [4.78, 5) is 0. The van der Waals surface area contributed by atoms with Gasteiger partial charge in [0.15, 0.2) is 12.1 Å². The maximum atomic E-state index is 9.81. The van der Waals surface area contributed by atoms with Gasteiger partial charge in [0, 0.05) is 12.8 Å². The summed E-state index contributed by atoms with van der Waals surface area (Å²) >= 11 is 0. The minimum absolute atomic E-state index is 0.201. The topological polar surface area (TPSA) is 68.2 Å². The van der Waals surface area contributed by atoms with E-state index in [1.807, 2.05) is 0 Å². The molecule has 1 aliphatic carbocycles. The highest BCUT2D eigenvalue weighted by Gasteiger charge is 2.57. The Hall–Kier alpha value is -0.200. The fraction of sp³-hybridized carbons (Fsp3) is 1.00. The third-order valence-corrected chi connectivity index (χ3v) is 3.52. The van der Waals surface area contributed by atoms with Gasteiger partial charge in [0.25, 0.3) is 0 Å². The number of ether oxygens (including phenoxy) is 3. The number of hydrogen-bond donors (Lipinski definition) is 2. The highest BCUT2D eigenvalue weighted by molar-refractivity contribution is 4.96. The molecule has 15 heavy (non-hydrogen) atoms. The Morgan fingerprint density at radius 1 is 1.20 bits per heavy atom. The average Bonchev–Trinajstić information content (AvgIpc) is 2.88. The molecule has 3 aliphatic rings. The van der Waals surface area contributed by atoms with Gasteiger partial charge in [0.2, 0.25) is 0 Å². The molecule has 2 heterocycles. The lowest BCUT2D eigenvalue weighted by Crippen LogP contribution is -2.37. The molecule has 0 bridgehead atoms. The molecule has 3 rings (SSSR count). The van der Waals surface area contributed by atoms with Gasteiger partial charge < -0.3 is 24.4 Å².